The maximum absolute atomic E-state index is 10.0. The van der Waals surface area contributed by atoms with Gasteiger partial charge in [-0.1, -0.05) is 6.92 Å². The molecule has 6 nitrogen and oxygen atoms in total. The second-order valence-corrected chi connectivity index (χ2v) is 4.17. The summed E-state index contributed by atoms with van der Waals surface area (Å²) in [5, 5.41) is 10.0. The van der Waals surface area contributed by atoms with E-state index in [9.17, 15) is 5.11 Å². The molecule has 2 N–H and O–H groups in total. The van der Waals surface area contributed by atoms with E-state index >= 15 is 0 Å². The predicted molar refractivity (Wildman–Crippen MR) is 58.8 cm³/mol. The van der Waals surface area contributed by atoms with Crippen molar-refractivity contribution >= 4 is 17.0 Å². The van der Waals surface area contributed by atoms with Gasteiger partial charge in [-0.25, -0.2) is 15.0 Å². The van der Waals surface area contributed by atoms with Crippen LogP contribution in [0, 0.1) is 5.92 Å². The summed E-state index contributed by atoms with van der Waals surface area (Å²) in [5.74, 6) is 1.01. The summed E-state index contributed by atoms with van der Waals surface area (Å²) in [6, 6.07) is 0. The van der Waals surface area contributed by atoms with Crippen molar-refractivity contribution in [3.8, 4) is 0 Å². The number of aromatic amines is 1. The highest BCUT2D eigenvalue weighted by Gasteiger charge is 2.31. The van der Waals surface area contributed by atoms with Gasteiger partial charge in [0, 0.05) is 12.5 Å². The molecule has 1 aliphatic heterocycles. The van der Waals surface area contributed by atoms with E-state index in [0.29, 0.717) is 5.65 Å². The minimum atomic E-state index is -0.471. The number of aliphatic hydroxyl groups is 1. The van der Waals surface area contributed by atoms with Gasteiger partial charge in [-0.15, -0.1) is 0 Å². The molecular formula is C10H13N5O. The molecule has 6 heteroatoms. The van der Waals surface area contributed by atoms with E-state index in [2.05, 4.69) is 19.9 Å². The molecule has 84 valence electrons. The summed E-state index contributed by atoms with van der Waals surface area (Å²) in [6.45, 7) is 2.85. The lowest BCUT2D eigenvalue weighted by Gasteiger charge is -2.22. The number of aromatic nitrogens is 4. The number of nitrogens with one attached hydrogen (secondary N) is 1. The Morgan fingerprint density at radius 1 is 1.44 bits per heavy atom. The molecule has 2 aromatic rings. The zero-order valence-corrected chi connectivity index (χ0v) is 8.96. The second kappa shape index (κ2) is 3.41. The highest BCUT2D eigenvalue weighted by molar-refractivity contribution is 5.82. The van der Waals surface area contributed by atoms with Crippen LogP contribution >= 0.6 is 0 Å². The molecule has 0 bridgehead atoms. The monoisotopic (exact) mass is 219 g/mol. The second-order valence-electron chi connectivity index (χ2n) is 4.17. The van der Waals surface area contributed by atoms with E-state index in [-0.39, 0.29) is 5.92 Å². The van der Waals surface area contributed by atoms with E-state index < -0.39 is 6.23 Å². The van der Waals surface area contributed by atoms with E-state index in [1.165, 1.54) is 6.33 Å². The number of fused-ring (bicyclic) bond motifs is 1. The normalized spacial score (nSPS) is 25.5. The van der Waals surface area contributed by atoms with Crippen LogP contribution in [0.3, 0.4) is 0 Å². The van der Waals surface area contributed by atoms with Crippen LogP contribution in [-0.2, 0) is 0 Å². The molecule has 2 aromatic heterocycles. The lowest BCUT2D eigenvalue weighted by Crippen LogP contribution is -2.32. The number of nitrogens with zero attached hydrogens (tertiary/aromatic N) is 4. The first-order chi connectivity index (χ1) is 7.77. The lowest BCUT2D eigenvalue weighted by molar-refractivity contribution is 0.143. The van der Waals surface area contributed by atoms with Gasteiger partial charge in [0.15, 0.2) is 11.5 Å². The van der Waals surface area contributed by atoms with Crippen LogP contribution in [0.2, 0.25) is 0 Å². The molecule has 0 amide bonds. The van der Waals surface area contributed by atoms with Crippen molar-refractivity contribution in [1.82, 2.24) is 19.9 Å². The predicted octanol–water partition coefficient (Wildman–Crippen LogP) is 0.517. The van der Waals surface area contributed by atoms with Crippen LogP contribution in [0.4, 0.5) is 5.82 Å². The minimum Gasteiger partial charge on any atom is -0.373 e. The fourth-order valence-corrected chi connectivity index (χ4v) is 2.13. The fraction of sp³-hybridized carbons (Fsp3) is 0.500. The van der Waals surface area contributed by atoms with Gasteiger partial charge in [0.2, 0.25) is 0 Å². The Morgan fingerprint density at radius 3 is 3.06 bits per heavy atom. The average molecular weight is 219 g/mol. The molecule has 1 saturated heterocycles. The van der Waals surface area contributed by atoms with E-state index in [0.717, 1.165) is 24.3 Å². The Balaban J connectivity index is 2.09. The van der Waals surface area contributed by atoms with Gasteiger partial charge in [-0.2, -0.15) is 0 Å². The third kappa shape index (κ3) is 1.26. The molecule has 3 rings (SSSR count). The molecule has 2 unspecified atom stereocenters. The molecule has 3 heterocycles. The highest BCUT2D eigenvalue weighted by atomic mass is 16.3. The van der Waals surface area contributed by atoms with Crippen LogP contribution < -0.4 is 4.90 Å². The molecule has 16 heavy (non-hydrogen) atoms. The van der Waals surface area contributed by atoms with Gasteiger partial charge in [0.05, 0.1) is 6.33 Å². The Kier molecular flexibility index (Phi) is 2.03. The number of aliphatic hydroxyl groups excluding tert-OH is 1. The van der Waals surface area contributed by atoms with Gasteiger partial charge in [0.25, 0.3) is 0 Å². The average Bonchev–Trinajstić information content (AvgIpc) is 2.87. The van der Waals surface area contributed by atoms with Crippen molar-refractivity contribution in [3.63, 3.8) is 0 Å². The molecule has 1 aliphatic rings. The molecule has 0 aromatic carbocycles. The van der Waals surface area contributed by atoms with Crippen LogP contribution in [0.5, 0.6) is 0 Å². The van der Waals surface area contributed by atoms with Crippen LogP contribution in [-0.4, -0.2) is 37.8 Å². The summed E-state index contributed by atoms with van der Waals surface area (Å²) in [5.41, 5.74) is 1.42. The summed E-state index contributed by atoms with van der Waals surface area (Å²) < 4.78 is 0. The largest absolute Gasteiger partial charge is 0.373 e. The molecule has 0 aliphatic carbocycles. The van der Waals surface area contributed by atoms with Gasteiger partial charge in [-0.05, 0) is 6.42 Å². The van der Waals surface area contributed by atoms with Crippen molar-refractivity contribution in [1.29, 1.82) is 0 Å². The maximum Gasteiger partial charge on any atom is 0.182 e. The van der Waals surface area contributed by atoms with E-state index in [1.807, 2.05) is 11.8 Å². The lowest BCUT2D eigenvalue weighted by atomic mass is 10.1. The van der Waals surface area contributed by atoms with Crippen LogP contribution in [0.25, 0.3) is 11.2 Å². The van der Waals surface area contributed by atoms with Crippen molar-refractivity contribution in [2.75, 3.05) is 11.4 Å². The minimum absolute atomic E-state index is 0.271. The highest BCUT2D eigenvalue weighted by Crippen LogP contribution is 2.29. The van der Waals surface area contributed by atoms with Gasteiger partial charge in [-0.3, -0.25) is 0 Å². The number of rotatable bonds is 1. The summed E-state index contributed by atoms with van der Waals surface area (Å²) in [6.07, 6.45) is 3.57. The van der Waals surface area contributed by atoms with E-state index in [4.69, 9.17) is 0 Å². The van der Waals surface area contributed by atoms with Crippen molar-refractivity contribution in [2.24, 2.45) is 5.92 Å². The number of anilines is 1. The van der Waals surface area contributed by atoms with Gasteiger partial charge >= 0.3 is 0 Å². The molecule has 0 radical (unpaired) electrons. The summed E-state index contributed by atoms with van der Waals surface area (Å²) in [4.78, 5) is 17.3. The molecule has 1 fully saturated rings. The Hall–Kier alpha value is -1.69. The third-order valence-electron chi connectivity index (χ3n) is 3.13. The third-order valence-corrected chi connectivity index (χ3v) is 3.13. The van der Waals surface area contributed by atoms with Crippen molar-refractivity contribution in [2.45, 2.75) is 19.6 Å². The van der Waals surface area contributed by atoms with Gasteiger partial charge < -0.3 is 15.0 Å². The van der Waals surface area contributed by atoms with Crippen LogP contribution in [0.15, 0.2) is 12.7 Å². The SMILES string of the molecule is CC1CCN(c2ncnc3nc[nH]c23)C1O. The number of imidazole rings is 1. The zero-order valence-electron chi connectivity index (χ0n) is 8.96. The quantitative estimate of drug-likeness (QED) is 0.731. The van der Waals surface area contributed by atoms with E-state index in [1.54, 1.807) is 6.33 Å². The molecule has 2 atom stereocenters. The summed E-state index contributed by atoms with van der Waals surface area (Å²) in [7, 11) is 0. The fourth-order valence-electron chi connectivity index (χ4n) is 2.13. The first-order valence-electron chi connectivity index (χ1n) is 5.36. The number of hydrogen-bond acceptors (Lipinski definition) is 5. The topological polar surface area (TPSA) is 77.9 Å². The number of H-pyrrole nitrogens is 1. The standard InChI is InChI=1S/C10H13N5O/c1-6-2-3-15(10(6)16)9-7-8(12-4-11-7)13-5-14-9/h4-6,10,16H,2-3H2,1H3,(H,11,12,13,14). The summed E-state index contributed by atoms with van der Waals surface area (Å²) >= 11 is 0. The maximum atomic E-state index is 10.0. The van der Waals surface area contributed by atoms with Gasteiger partial charge in [0.1, 0.15) is 18.1 Å². The Labute approximate surface area is 92.4 Å². The first-order valence-corrected chi connectivity index (χ1v) is 5.36. The Bertz CT molecular complexity index is 511. The van der Waals surface area contributed by atoms with Crippen LogP contribution in [0.1, 0.15) is 13.3 Å². The number of hydrogen-bond donors (Lipinski definition) is 2. The first kappa shape index (κ1) is 9.53. The van der Waals surface area contributed by atoms with Crippen molar-refractivity contribution < 1.29 is 5.11 Å². The Morgan fingerprint density at radius 2 is 2.31 bits per heavy atom. The molecular weight excluding hydrogens is 206 g/mol. The molecule has 0 spiro atoms. The molecule has 0 saturated carbocycles. The van der Waals surface area contributed by atoms with Crippen molar-refractivity contribution in [3.05, 3.63) is 12.7 Å². The smallest absolute Gasteiger partial charge is 0.182 e. The zero-order chi connectivity index (χ0) is 11.1.